The second kappa shape index (κ2) is 7.04. The van der Waals surface area contributed by atoms with E-state index in [1.807, 2.05) is 25.6 Å². The molecular weight excluding hydrogens is 412 g/mol. The summed E-state index contributed by atoms with van der Waals surface area (Å²) in [6, 6.07) is 0. The van der Waals surface area contributed by atoms with Crippen molar-refractivity contribution in [2.45, 2.75) is 74.1 Å². The lowest BCUT2D eigenvalue weighted by Crippen LogP contribution is -2.40. The predicted molar refractivity (Wildman–Crippen MR) is 111 cm³/mol. The summed E-state index contributed by atoms with van der Waals surface area (Å²) in [5.41, 5.74) is -0.344. The van der Waals surface area contributed by atoms with Crippen molar-refractivity contribution in [2.24, 2.45) is 29.1 Å². The monoisotopic (exact) mass is 442 g/mol. The summed E-state index contributed by atoms with van der Waals surface area (Å²) in [5, 5.41) is 1.39. The third-order valence-electron chi connectivity index (χ3n) is 7.17. The molecule has 6 nitrogen and oxygen atoms in total. The summed E-state index contributed by atoms with van der Waals surface area (Å²) in [6.07, 6.45) is 0.155. The predicted octanol–water partition coefficient (Wildman–Crippen LogP) is 2.73. The van der Waals surface area contributed by atoms with Gasteiger partial charge in [0.05, 0.1) is 43.4 Å². The van der Waals surface area contributed by atoms with Gasteiger partial charge in [-0.15, -0.1) is 23.5 Å². The zero-order valence-electron chi connectivity index (χ0n) is 17.5. The number of hydrogen-bond acceptors (Lipinski definition) is 8. The number of thioether (sulfide) groups is 2. The highest BCUT2D eigenvalue weighted by Crippen LogP contribution is 2.62. The second-order valence-corrected chi connectivity index (χ2v) is 12.9. The molecule has 0 aromatic heterocycles. The van der Waals surface area contributed by atoms with Crippen LogP contribution in [0.5, 0.6) is 0 Å². The van der Waals surface area contributed by atoms with Crippen LogP contribution in [0, 0.1) is 29.1 Å². The van der Waals surface area contributed by atoms with E-state index in [2.05, 4.69) is 20.8 Å². The van der Waals surface area contributed by atoms with Gasteiger partial charge in [0.25, 0.3) is 0 Å². The minimum absolute atomic E-state index is 0.0116. The zero-order chi connectivity index (χ0) is 20.7. The molecule has 5 aliphatic rings. The minimum Gasteiger partial charge on any atom is -0.465 e. The van der Waals surface area contributed by atoms with Crippen LogP contribution in [-0.2, 0) is 28.5 Å². The molecule has 5 heterocycles. The third kappa shape index (κ3) is 3.33. The number of carbonyl (C=O) groups excluding carboxylic acids is 2. The van der Waals surface area contributed by atoms with Gasteiger partial charge in [-0.3, -0.25) is 9.59 Å². The molecule has 4 bridgehead atoms. The van der Waals surface area contributed by atoms with Gasteiger partial charge >= 0.3 is 11.9 Å². The van der Waals surface area contributed by atoms with Crippen LogP contribution in [-0.4, -0.2) is 64.7 Å². The molecule has 0 aliphatic carbocycles. The van der Waals surface area contributed by atoms with E-state index in [-0.39, 0.29) is 72.6 Å². The molecule has 0 saturated carbocycles. The number of hydrogen-bond donors (Lipinski definition) is 0. The van der Waals surface area contributed by atoms with Gasteiger partial charge in [-0.1, -0.05) is 34.6 Å². The molecule has 0 radical (unpaired) electrons. The van der Waals surface area contributed by atoms with Crippen LogP contribution >= 0.6 is 23.5 Å². The molecule has 5 aliphatic heterocycles. The van der Waals surface area contributed by atoms with E-state index in [1.165, 1.54) is 0 Å². The highest BCUT2D eigenvalue weighted by Gasteiger charge is 2.68. The summed E-state index contributed by atoms with van der Waals surface area (Å²) in [6.45, 7) is 10.6. The number of ether oxygens (including phenoxy) is 4. The van der Waals surface area contributed by atoms with Gasteiger partial charge in [0.1, 0.15) is 5.44 Å². The van der Waals surface area contributed by atoms with Crippen LogP contribution < -0.4 is 0 Å². The van der Waals surface area contributed by atoms with Crippen molar-refractivity contribution in [3.8, 4) is 0 Å². The zero-order valence-corrected chi connectivity index (χ0v) is 19.2. The first-order valence-electron chi connectivity index (χ1n) is 10.6. The molecule has 5 rings (SSSR count). The Hall–Kier alpha value is -0.440. The maximum atomic E-state index is 12.7. The molecule has 11 atom stereocenters. The number of carbonyl (C=O) groups is 2. The Morgan fingerprint density at radius 2 is 1.41 bits per heavy atom. The SMILES string of the molecule is CC1SC2OC1C(C(=O)OCC(C)(C)COC(=O)C1C(C)C3OC1C1SC31)C2C. The number of rotatable bonds is 6. The van der Waals surface area contributed by atoms with Crippen LogP contribution in [0.15, 0.2) is 0 Å². The summed E-state index contributed by atoms with van der Waals surface area (Å²) >= 11 is 3.73. The second-order valence-electron chi connectivity index (χ2n) is 10.1. The largest absolute Gasteiger partial charge is 0.465 e. The van der Waals surface area contributed by atoms with E-state index in [0.29, 0.717) is 15.7 Å². The molecule has 5 fully saturated rings. The Morgan fingerprint density at radius 3 is 2.00 bits per heavy atom. The first kappa shape index (κ1) is 20.5. The smallest absolute Gasteiger partial charge is 0.312 e. The Bertz CT molecular complexity index is 685. The maximum absolute atomic E-state index is 12.7. The average molecular weight is 443 g/mol. The van der Waals surface area contributed by atoms with Gasteiger partial charge in [-0.25, -0.2) is 0 Å². The fourth-order valence-corrected chi connectivity index (χ4v) is 8.22. The normalized spacial score (nSPS) is 49.2. The van der Waals surface area contributed by atoms with Crippen molar-refractivity contribution in [2.75, 3.05) is 13.2 Å². The summed E-state index contributed by atoms with van der Waals surface area (Å²) in [4.78, 5) is 25.4. The van der Waals surface area contributed by atoms with Crippen LogP contribution in [0.1, 0.15) is 34.6 Å². The maximum Gasteiger partial charge on any atom is 0.312 e. The highest BCUT2D eigenvalue weighted by molar-refractivity contribution is 8.07. The molecule has 162 valence electrons. The number of esters is 2. The van der Waals surface area contributed by atoms with Crippen LogP contribution in [0.25, 0.3) is 0 Å². The topological polar surface area (TPSA) is 71.1 Å². The van der Waals surface area contributed by atoms with E-state index in [0.717, 1.165) is 0 Å². The quantitative estimate of drug-likeness (QED) is 0.459. The van der Waals surface area contributed by atoms with Gasteiger partial charge in [0.15, 0.2) is 0 Å². The Labute approximate surface area is 180 Å². The van der Waals surface area contributed by atoms with E-state index in [4.69, 9.17) is 18.9 Å². The molecule has 0 spiro atoms. The Morgan fingerprint density at radius 1 is 0.828 bits per heavy atom. The summed E-state index contributed by atoms with van der Waals surface area (Å²) < 4.78 is 23.3. The van der Waals surface area contributed by atoms with Crippen molar-refractivity contribution in [1.29, 1.82) is 0 Å². The van der Waals surface area contributed by atoms with Crippen molar-refractivity contribution >= 4 is 35.5 Å². The van der Waals surface area contributed by atoms with Crippen LogP contribution in [0.3, 0.4) is 0 Å². The fourth-order valence-electron chi connectivity index (χ4n) is 5.36. The van der Waals surface area contributed by atoms with Crippen LogP contribution in [0.4, 0.5) is 0 Å². The third-order valence-corrected chi connectivity index (χ3v) is 10.1. The van der Waals surface area contributed by atoms with Gasteiger partial charge in [-0.05, 0) is 5.92 Å². The van der Waals surface area contributed by atoms with Crippen molar-refractivity contribution < 1.29 is 28.5 Å². The lowest BCUT2D eigenvalue weighted by molar-refractivity contribution is -0.160. The molecule has 0 aromatic carbocycles. The van der Waals surface area contributed by atoms with Gasteiger partial charge < -0.3 is 18.9 Å². The molecule has 0 N–H and O–H groups in total. The summed E-state index contributed by atoms with van der Waals surface area (Å²) in [7, 11) is 0. The van der Waals surface area contributed by atoms with Gasteiger partial charge in [0, 0.05) is 27.1 Å². The molecule has 5 saturated heterocycles. The van der Waals surface area contributed by atoms with E-state index in [9.17, 15) is 9.59 Å². The number of fused-ring (bicyclic) bond motifs is 7. The highest BCUT2D eigenvalue weighted by atomic mass is 32.2. The van der Waals surface area contributed by atoms with Crippen molar-refractivity contribution in [3.05, 3.63) is 0 Å². The van der Waals surface area contributed by atoms with E-state index in [1.54, 1.807) is 11.8 Å². The van der Waals surface area contributed by atoms with Crippen molar-refractivity contribution in [1.82, 2.24) is 0 Å². The van der Waals surface area contributed by atoms with Gasteiger partial charge in [0.2, 0.25) is 0 Å². The Balaban J connectivity index is 1.11. The summed E-state index contributed by atoms with van der Waals surface area (Å²) in [5.74, 6) is -0.354. The standard InChI is InChI=1S/C21H30O6S2/c1-8-11(15-17-16(29-17)13(8)26-15)18(22)24-6-21(4,5)7-25-19(23)12-9(2)20-27-14(12)10(3)28-20/h8-17,20H,6-7H2,1-5H3. The molecular formula is C21H30O6S2. The lowest BCUT2D eigenvalue weighted by atomic mass is 9.80. The first-order valence-corrected chi connectivity index (χ1v) is 12.5. The van der Waals surface area contributed by atoms with Crippen LogP contribution in [0.2, 0.25) is 0 Å². The minimum atomic E-state index is -0.439. The van der Waals surface area contributed by atoms with Gasteiger partial charge in [-0.2, -0.15) is 0 Å². The Kier molecular flexibility index (Phi) is 4.97. The molecule has 0 amide bonds. The molecule has 29 heavy (non-hydrogen) atoms. The molecule has 0 aromatic rings. The first-order chi connectivity index (χ1) is 13.7. The average Bonchev–Trinajstić information content (AvgIpc) is 2.91. The molecule has 8 heteroatoms. The van der Waals surface area contributed by atoms with E-state index < -0.39 is 5.41 Å². The molecule has 11 unspecified atom stereocenters. The van der Waals surface area contributed by atoms with Crippen molar-refractivity contribution in [3.63, 3.8) is 0 Å². The van der Waals surface area contributed by atoms with E-state index >= 15 is 0 Å². The lowest BCUT2D eigenvalue weighted by Gasteiger charge is -2.30. The fraction of sp³-hybridized carbons (Fsp3) is 0.905.